The van der Waals surface area contributed by atoms with Crippen molar-refractivity contribution >= 4 is 11.9 Å². The summed E-state index contributed by atoms with van der Waals surface area (Å²) in [5, 5.41) is 8.45. The molecule has 1 saturated carbocycles. The van der Waals surface area contributed by atoms with Crippen LogP contribution in [-0.2, 0) is 9.59 Å². The lowest BCUT2D eigenvalue weighted by Gasteiger charge is -2.42. The second-order valence-corrected chi connectivity index (χ2v) is 4.62. The second-order valence-electron chi connectivity index (χ2n) is 4.62. The first-order valence-electron chi connectivity index (χ1n) is 6.11. The van der Waals surface area contributed by atoms with E-state index in [-0.39, 0.29) is 5.91 Å². The molecule has 1 aliphatic heterocycles. The van der Waals surface area contributed by atoms with Gasteiger partial charge in [0.15, 0.2) is 0 Å². The first-order chi connectivity index (χ1) is 8.16. The zero-order chi connectivity index (χ0) is 12.3. The molecule has 0 unspecified atom stereocenters. The molecular formula is C12H18N2O3. The lowest BCUT2D eigenvalue weighted by atomic mass is 9.91. The SMILES string of the molecule is O=C(O)/C=C/C(=O)N1CCN(C2CCC2)CC1. The summed E-state index contributed by atoms with van der Waals surface area (Å²) in [6, 6.07) is 0.724. The van der Waals surface area contributed by atoms with Crippen LogP contribution in [0.2, 0.25) is 0 Å². The summed E-state index contributed by atoms with van der Waals surface area (Å²) in [4.78, 5) is 26.1. The van der Waals surface area contributed by atoms with Gasteiger partial charge in [-0.2, -0.15) is 0 Å². The Hall–Kier alpha value is -1.36. The molecule has 5 heteroatoms. The quantitative estimate of drug-likeness (QED) is 0.719. The highest BCUT2D eigenvalue weighted by atomic mass is 16.4. The Morgan fingerprint density at radius 3 is 2.18 bits per heavy atom. The molecule has 0 aromatic heterocycles. The van der Waals surface area contributed by atoms with Crippen LogP contribution in [0.15, 0.2) is 12.2 Å². The minimum atomic E-state index is -1.08. The van der Waals surface area contributed by atoms with Crippen molar-refractivity contribution in [2.45, 2.75) is 25.3 Å². The molecule has 2 fully saturated rings. The fourth-order valence-corrected chi connectivity index (χ4v) is 2.31. The van der Waals surface area contributed by atoms with Crippen molar-refractivity contribution in [1.82, 2.24) is 9.80 Å². The molecule has 0 bridgehead atoms. The molecule has 0 spiro atoms. The molecule has 1 saturated heterocycles. The molecule has 0 atom stereocenters. The van der Waals surface area contributed by atoms with E-state index >= 15 is 0 Å². The Balaban J connectivity index is 1.77. The number of hydrogen-bond acceptors (Lipinski definition) is 3. The Morgan fingerprint density at radius 1 is 1.06 bits per heavy atom. The van der Waals surface area contributed by atoms with Crippen molar-refractivity contribution in [3.8, 4) is 0 Å². The van der Waals surface area contributed by atoms with E-state index in [9.17, 15) is 9.59 Å². The fourth-order valence-electron chi connectivity index (χ4n) is 2.31. The lowest BCUT2D eigenvalue weighted by molar-refractivity contribution is -0.132. The second kappa shape index (κ2) is 5.31. The zero-order valence-corrected chi connectivity index (χ0v) is 9.84. The first-order valence-corrected chi connectivity index (χ1v) is 6.11. The Labute approximate surface area is 101 Å². The topological polar surface area (TPSA) is 60.9 Å². The van der Waals surface area contributed by atoms with Gasteiger partial charge in [0.05, 0.1) is 0 Å². The van der Waals surface area contributed by atoms with Crippen LogP contribution in [0.25, 0.3) is 0 Å². The van der Waals surface area contributed by atoms with Crippen molar-refractivity contribution in [2.24, 2.45) is 0 Å². The summed E-state index contributed by atoms with van der Waals surface area (Å²) in [5.74, 6) is -1.27. The summed E-state index contributed by atoms with van der Waals surface area (Å²) < 4.78 is 0. The van der Waals surface area contributed by atoms with Crippen LogP contribution in [0.4, 0.5) is 0 Å². The Bertz CT molecular complexity index is 329. The smallest absolute Gasteiger partial charge is 0.328 e. The standard InChI is InChI=1S/C12H18N2O3/c15-11(4-5-12(16)17)14-8-6-13(7-9-14)10-2-1-3-10/h4-5,10H,1-3,6-9H2,(H,16,17)/b5-4+. The van der Waals surface area contributed by atoms with E-state index in [1.165, 1.54) is 19.3 Å². The molecule has 0 radical (unpaired) electrons. The maximum absolute atomic E-state index is 11.6. The van der Waals surface area contributed by atoms with Crippen molar-refractivity contribution in [2.75, 3.05) is 26.2 Å². The molecule has 94 valence electrons. The number of nitrogens with zero attached hydrogens (tertiary/aromatic N) is 2. The molecule has 5 nitrogen and oxygen atoms in total. The van der Waals surface area contributed by atoms with Gasteiger partial charge in [-0.15, -0.1) is 0 Å². The minimum Gasteiger partial charge on any atom is -0.478 e. The summed E-state index contributed by atoms with van der Waals surface area (Å²) >= 11 is 0. The van der Waals surface area contributed by atoms with Gasteiger partial charge in [0.1, 0.15) is 0 Å². The highest BCUT2D eigenvalue weighted by molar-refractivity contribution is 5.93. The number of hydrogen-bond donors (Lipinski definition) is 1. The Kier molecular flexibility index (Phi) is 3.78. The van der Waals surface area contributed by atoms with Crippen molar-refractivity contribution < 1.29 is 14.7 Å². The van der Waals surface area contributed by atoms with Gasteiger partial charge in [-0.25, -0.2) is 4.79 Å². The van der Waals surface area contributed by atoms with E-state index in [4.69, 9.17) is 5.11 Å². The van der Waals surface area contributed by atoms with E-state index < -0.39 is 5.97 Å². The van der Waals surface area contributed by atoms with E-state index in [2.05, 4.69) is 4.90 Å². The highest BCUT2D eigenvalue weighted by Crippen LogP contribution is 2.25. The van der Waals surface area contributed by atoms with Gasteiger partial charge in [0.25, 0.3) is 0 Å². The van der Waals surface area contributed by atoms with Gasteiger partial charge in [0.2, 0.25) is 5.91 Å². The van der Waals surface area contributed by atoms with E-state index in [1.54, 1.807) is 4.90 Å². The van der Waals surface area contributed by atoms with Crippen LogP contribution in [0.5, 0.6) is 0 Å². The maximum atomic E-state index is 11.6. The molecule has 1 aliphatic carbocycles. The number of amides is 1. The average molecular weight is 238 g/mol. The molecule has 1 N–H and O–H groups in total. The normalized spacial score (nSPS) is 22.7. The van der Waals surface area contributed by atoms with Crippen LogP contribution < -0.4 is 0 Å². The van der Waals surface area contributed by atoms with E-state index in [1.807, 2.05) is 0 Å². The van der Waals surface area contributed by atoms with Crippen molar-refractivity contribution in [1.29, 1.82) is 0 Å². The molecule has 0 aromatic carbocycles. The summed E-state index contributed by atoms with van der Waals surface area (Å²) in [5.41, 5.74) is 0. The van der Waals surface area contributed by atoms with Gasteiger partial charge in [-0.1, -0.05) is 6.42 Å². The number of carbonyl (C=O) groups is 2. The summed E-state index contributed by atoms with van der Waals surface area (Å²) in [6.07, 6.45) is 5.94. The molecule has 0 aromatic rings. The van der Waals surface area contributed by atoms with Gasteiger partial charge in [0, 0.05) is 44.4 Å². The monoisotopic (exact) mass is 238 g/mol. The molecule has 17 heavy (non-hydrogen) atoms. The van der Waals surface area contributed by atoms with Gasteiger partial charge in [-0.3, -0.25) is 9.69 Å². The Morgan fingerprint density at radius 2 is 1.71 bits per heavy atom. The average Bonchev–Trinajstić information content (AvgIpc) is 2.24. The number of carboxylic acids is 1. The number of aliphatic carboxylic acids is 1. The van der Waals surface area contributed by atoms with Crippen LogP contribution in [0.3, 0.4) is 0 Å². The van der Waals surface area contributed by atoms with Gasteiger partial charge >= 0.3 is 5.97 Å². The predicted molar refractivity (Wildman–Crippen MR) is 62.6 cm³/mol. The largest absolute Gasteiger partial charge is 0.478 e. The lowest BCUT2D eigenvalue weighted by Crippen LogP contribution is -2.53. The van der Waals surface area contributed by atoms with Gasteiger partial charge < -0.3 is 10.0 Å². The highest BCUT2D eigenvalue weighted by Gasteiger charge is 2.28. The molecule has 2 rings (SSSR count). The molecule has 1 amide bonds. The van der Waals surface area contributed by atoms with Crippen molar-refractivity contribution in [3.63, 3.8) is 0 Å². The molecular weight excluding hydrogens is 220 g/mol. The summed E-state index contributed by atoms with van der Waals surface area (Å²) in [7, 11) is 0. The van der Waals surface area contributed by atoms with Crippen LogP contribution >= 0.6 is 0 Å². The molecule has 1 heterocycles. The zero-order valence-electron chi connectivity index (χ0n) is 9.84. The van der Waals surface area contributed by atoms with Crippen LogP contribution in [0.1, 0.15) is 19.3 Å². The summed E-state index contributed by atoms with van der Waals surface area (Å²) in [6.45, 7) is 3.24. The number of carbonyl (C=O) groups excluding carboxylic acids is 1. The van der Waals surface area contributed by atoms with Crippen LogP contribution in [-0.4, -0.2) is 59.0 Å². The third-order valence-electron chi connectivity index (χ3n) is 3.59. The van der Waals surface area contributed by atoms with E-state index in [0.29, 0.717) is 13.1 Å². The number of carboxylic acid groups (broad SMARTS) is 1. The fraction of sp³-hybridized carbons (Fsp3) is 0.667. The number of piperazine rings is 1. The van der Waals surface area contributed by atoms with E-state index in [0.717, 1.165) is 31.3 Å². The number of rotatable bonds is 3. The van der Waals surface area contributed by atoms with Crippen LogP contribution in [0, 0.1) is 0 Å². The minimum absolute atomic E-state index is 0.194. The third kappa shape index (κ3) is 3.06. The maximum Gasteiger partial charge on any atom is 0.328 e. The predicted octanol–water partition coefficient (Wildman–Crippen LogP) is 0.324. The third-order valence-corrected chi connectivity index (χ3v) is 3.59. The van der Waals surface area contributed by atoms with Crippen molar-refractivity contribution in [3.05, 3.63) is 12.2 Å². The first kappa shape index (κ1) is 12.1. The molecule has 2 aliphatic rings. The van der Waals surface area contributed by atoms with Gasteiger partial charge in [-0.05, 0) is 12.8 Å².